The summed E-state index contributed by atoms with van der Waals surface area (Å²) < 4.78 is 91.1. The van der Waals surface area contributed by atoms with Crippen molar-refractivity contribution in [3.8, 4) is 11.5 Å². The Morgan fingerprint density at radius 3 is 2.20 bits per heavy atom. The highest BCUT2D eigenvalue weighted by Gasteiger charge is 2.39. The van der Waals surface area contributed by atoms with Crippen LogP contribution in [0.1, 0.15) is 30.0 Å². The van der Waals surface area contributed by atoms with Crippen LogP contribution in [0.4, 0.5) is 32.3 Å². The highest BCUT2D eigenvalue weighted by atomic mass is 32.2. The third-order valence-corrected chi connectivity index (χ3v) is 8.00. The first-order valence-electron chi connectivity index (χ1n) is 13.7. The molecule has 4 rings (SSSR count). The minimum atomic E-state index is -4.97. The van der Waals surface area contributed by atoms with Gasteiger partial charge < -0.3 is 19.3 Å². The summed E-state index contributed by atoms with van der Waals surface area (Å²) in [7, 11) is 1.48. The predicted octanol–water partition coefficient (Wildman–Crippen LogP) is 4.37. The van der Waals surface area contributed by atoms with Crippen molar-refractivity contribution in [2.75, 3.05) is 49.7 Å². The minimum Gasteiger partial charge on any atom is -0.497 e. The van der Waals surface area contributed by atoms with E-state index in [1.54, 1.807) is 41.0 Å². The Kier molecular flexibility index (Phi) is 10.8. The van der Waals surface area contributed by atoms with E-state index in [-0.39, 0.29) is 30.6 Å². The van der Waals surface area contributed by atoms with E-state index in [1.807, 2.05) is 0 Å². The standard InChI is InChI=1S/C28H30F6N6O4S/c1-18(44-22-15-37-40(25(42)24(22)28(32,33)34)16-19-3-5-21(43-2)6-4-19)17-45-12-7-23(41)38-8-10-39(11-9-38)26-35-13-20(14-36-26)27(29,30)31/h3-6,13-15,18H,7-12,16-17H2,1-2H3. The van der Waals surface area contributed by atoms with Gasteiger partial charge in [0.25, 0.3) is 5.56 Å². The quantitative estimate of drug-likeness (QED) is 0.219. The fourth-order valence-corrected chi connectivity index (χ4v) is 5.33. The molecule has 10 nitrogen and oxygen atoms in total. The third-order valence-electron chi connectivity index (χ3n) is 6.81. The van der Waals surface area contributed by atoms with Gasteiger partial charge in [0.2, 0.25) is 11.9 Å². The number of nitrogens with zero attached hydrogens (tertiary/aromatic N) is 6. The lowest BCUT2D eigenvalue weighted by molar-refractivity contribution is -0.141. The molecule has 45 heavy (non-hydrogen) atoms. The van der Waals surface area contributed by atoms with E-state index in [0.29, 0.717) is 43.2 Å². The smallest absolute Gasteiger partial charge is 0.425 e. The van der Waals surface area contributed by atoms with E-state index in [0.717, 1.165) is 23.3 Å². The zero-order valence-electron chi connectivity index (χ0n) is 24.3. The molecule has 1 fully saturated rings. The summed E-state index contributed by atoms with van der Waals surface area (Å²) in [6.07, 6.45) is -7.73. The van der Waals surface area contributed by atoms with Crippen LogP contribution in [0.5, 0.6) is 11.5 Å². The monoisotopic (exact) mass is 660 g/mol. The van der Waals surface area contributed by atoms with Crippen LogP contribution in [0.3, 0.4) is 0 Å². The predicted molar refractivity (Wildman–Crippen MR) is 153 cm³/mol. The van der Waals surface area contributed by atoms with Crippen LogP contribution in [0.2, 0.25) is 0 Å². The number of alkyl halides is 6. The molecule has 1 amide bonds. The molecule has 1 aliphatic heterocycles. The van der Waals surface area contributed by atoms with E-state index in [2.05, 4.69) is 15.1 Å². The summed E-state index contributed by atoms with van der Waals surface area (Å²) in [4.78, 5) is 36.3. The third kappa shape index (κ3) is 9.02. The second-order valence-electron chi connectivity index (χ2n) is 10.1. The van der Waals surface area contributed by atoms with Crippen LogP contribution < -0.4 is 19.9 Å². The number of benzene rings is 1. The van der Waals surface area contributed by atoms with Crippen LogP contribution in [-0.2, 0) is 23.7 Å². The zero-order valence-corrected chi connectivity index (χ0v) is 25.1. The van der Waals surface area contributed by atoms with Crippen molar-refractivity contribution in [2.24, 2.45) is 0 Å². The molecule has 1 aliphatic rings. The van der Waals surface area contributed by atoms with Crippen molar-refractivity contribution in [1.82, 2.24) is 24.6 Å². The average Bonchev–Trinajstić information content (AvgIpc) is 3.00. The number of ether oxygens (including phenoxy) is 2. The van der Waals surface area contributed by atoms with Gasteiger partial charge in [-0.25, -0.2) is 14.6 Å². The first-order chi connectivity index (χ1) is 21.3. The number of anilines is 1. The van der Waals surface area contributed by atoms with Crippen molar-refractivity contribution in [3.05, 3.63) is 69.9 Å². The van der Waals surface area contributed by atoms with Gasteiger partial charge in [-0.3, -0.25) is 9.59 Å². The average molecular weight is 661 g/mol. The minimum absolute atomic E-state index is 0.131. The molecule has 2 aromatic heterocycles. The molecule has 17 heteroatoms. The molecular formula is C28H30F6N6O4S. The Labute approximate surface area is 258 Å². The number of amides is 1. The fourth-order valence-electron chi connectivity index (χ4n) is 4.44. The maximum atomic E-state index is 13.9. The molecule has 3 aromatic rings. The van der Waals surface area contributed by atoms with Crippen molar-refractivity contribution in [3.63, 3.8) is 0 Å². The topological polar surface area (TPSA) is 103 Å². The maximum absolute atomic E-state index is 13.9. The van der Waals surface area contributed by atoms with Gasteiger partial charge in [0.05, 0.1) is 25.4 Å². The summed E-state index contributed by atoms with van der Waals surface area (Å²) in [6, 6.07) is 6.48. The summed E-state index contributed by atoms with van der Waals surface area (Å²) in [5.74, 6) is 0.535. The normalized spacial score (nSPS) is 14.8. The second kappa shape index (κ2) is 14.4. The maximum Gasteiger partial charge on any atom is 0.425 e. The van der Waals surface area contributed by atoms with Gasteiger partial charge in [0.15, 0.2) is 11.3 Å². The molecule has 0 spiro atoms. The molecule has 1 unspecified atom stereocenters. The zero-order chi connectivity index (χ0) is 32.8. The van der Waals surface area contributed by atoms with Crippen molar-refractivity contribution < 1.29 is 40.6 Å². The van der Waals surface area contributed by atoms with Crippen molar-refractivity contribution in [2.45, 2.75) is 38.3 Å². The number of carbonyl (C=O) groups excluding carboxylic acids is 1. The Bertz CT molecular complexity index is 1490. The number of carbonyl (C=O) groups is 1. The SMILES string of the molecule is COc1ccc(Cn2ncc(OC(C)CSCCC(=O)N3CCN(c4ncc(C(F)(F)F)cn4)CC3)c(C(F)(F)F)c2=O)cc1. The number of hydrogen-bond acceptors (Lipinski definition) is 9. The van der Waals surface area contributed by atoms with Crippen molar-refractivity contribution in [1.29, 1.82) is 0 Å². The van der Waals surface area contributed by atoms with Gasteiger partial charge in [-0.05, 0) is 24.6 Å². The number of thioether (sulfide) groups is 1. The largest absolute Gasteiger partial charge is 0.497 e. The van der Waals surface area contributed by atoms with E-state index in [1.165, 1.54) is 18.9 Å². The van der Waals surface area contributed by atoms with Crippen LogP contribution in [-0.4, -0.2) is 81.5 Å². The van der Waals surface area contributed by atoms with Gasteiger partial charge in [-0.2, -0.15) is 43.2 Å². The lowest BCUT2D eigenvalue weighted by Gasteiger charge is -2.34. The fraction of sp³-hybridized carbons (Fsp3) is 0.464. The number of methoxy groups -OCH3 is 1. The van der Waals surface area contributed by atoms with E-state index in [9.17, 15) is 35.9 Å². The second-order valence-corrected chi connectivity index (χ2v) is 11.2. The molecule has 0 bridgehead atoms. The molecule has 244 valence electrons. The molecular weight excluding hydrogens is 630 g/mol. The van der Waals surface area contributed by atoms with E-state index in [4.69, 9.17) is 9.47 Å². The highest BCUT2D eigenvalue weighted by molar-refractivity contribution is 7.99. The van der Waals surface area contributed by atoms with Crippen LogP contribution in [0, 0.1) is 0 Å². The summed E-state index contributed by atoms with van der Waals surface area (Å²) in [5, 5.41) is 3.89. The molecule has 1 atom stereocenters. The Hall–Kier alpha value is -4.02. The summed E-state index contributed by atoms with van der Waals surface area (Å²) >= 11 is 1.31. The van der Waals surface area contributed by atoms with Crippen LogP contribution >= 0.6 is 11.8 Å². The molecule has 1 saturated heterocycles. The van der Waals surface area contributed by atoms with Crippen LogP contribution in [0.25, 0.3) is 0 Å². The molecule has 0 N–H and O–H groups in total. The molecule has 0 radical (unpaired) electrons. The number of piperazine rings is 1. The van der Waals surface area contributed by atoms with Crippen molar-refractivity contribution >= 4 is 23.6 Å². The Morgan fingerprint density at radius 2 is 1.62 bits per heavy atom. The molecule has 1 aromatic carbocycles. The van der Waals surface area contributed by atoms with Crippen LogP contribution in [0.15, 0.2) is 47.7 Å². The van der Waals surface area contributed by atoms with E-state index < -0.39 is 40.9 Å². The molecule has 3 heterocycles. The number of rotatable bonds is 11. The van der Waals surface area contributed by atoms with Gasteiger partial charge in [0, 0.05) is 56.5 Å². The first kappa shape index (κ1) is 33.9. The number of hydrogen-bond donors (Lipinski definition) is 0. The van der Waals surface area contributed by atoms with Gasteiger partial charge in [-0.15, -0.1) is 0 Å². The van der Waals surface area contributed by atoms with Gasteiger partial charge in [0.1, 0.15) is 11.9 Å². The highest BCUT2D eigenvalue weighted by Crippen LogP contribution is 2.34. The molecule has 0 saturated carbocycles. The lowest BCUT2D eigenvalue weighted by Crippen LogP contribution is -2.49. The summed E-state index contributed by atoms with van der Waals surface area (Å²) in [6.45, 7) is 2.76. The number of aromatic nitrogens is 4. The van der Waals surface area contributed by atoms with Gasteiger partial charge in [-0.1, -0.05) is 12.1 Å². The lowest BCUT2D eigenvalue weighted by atomic mass is 10.2. The molecule has 0 aliphatic carbocycles. The Morgan fingerprint density at radius 1 is 0.978 bits per heavy atom. The first-order valence-corrected chi connectivity index (χ1v) is 14.9. The number of halogens is 6. The van der Waals surface area contributed by atoms with E-state index >= 15 is 0 Å². The van der Waals surface area contributed by atoms with Gasteiger partial charge >= 0.3 is 12.4 Å². The Balaban J connectivity index is 1.24. The summed E-state index contributed by atoms with van der Waals surface area (Å²) in [5.41, 5.74) is -3.16.